The molecule has 3 heterocycles. The van der Waals surface area contributed by atoms with Gasteiger partial charge in [0.05, 0.1) is 47.7 Å². The first-order valence-electron chi connectivity index (χ1n) is 14.0. The Bertz CT molecular complexity index is 2000. The Morgan fingerprint density at radius 2 is 1.84 bits per heavy atom. The van der Waals surface area contributed by atoms with Crippen molar-refractivity contribution in [3.05, 3.63) is 106 Å². The molecule has 228 valence electrons. The maximum Gasteiger partial charge on any atom is 0.335 e. The average molecular weight is 614 g/mol. The lowest BCUT2D eigenvalue weighted by Crippen LogP contribution is -2.27. The molecule has 0 bridgehead atoms. The molecule has 45 heavy (non-hydrogen) atoms. The highest BCUT2D eigenvalue weighted by Crippen LogP contribution is 2.41. The first kappa shape index (κ1) is 29.8. The van der Waals surface area contributed by atoms with E-state index < -0.39 is 23.4 Å². The summed E-state index contributed by atoms with van der Waals surface area (Å²) in [4.78, 5) is 24.6. The van der Waals surface area contributed by atoms with Crippen LogP contribution in [0.1, 0.15) is 52.8 Å². The van der Waals surface area contributed by atoms with E-state index in [1.54, 1.807) is 22.8 Å². The van der Waals surface area contributed by atoms with Gasteiger partial charge in [0, 0.05) is 29.2 Å². The number of fused-ring (bicyclic) bond motifs is 1. The first-order chi connectivity index (χ1) is 21.5. The molecule has 0 saturated carbocycles. The summed E-state index contributed by atoms with van der Waals surface area (Å²) in [6.45, 7) is 4.56. The molecule has 1 aliphatic heterocycles. The third-order valence-electron chi connectivity index (χ3n) is 7.90. The number of nitrogens with zero attached hydrogens (tertiary/aromatic N) is 5. The van der Waals surface area contributed by atoms with Gasteiger partial charge in [0.2, 0.25) is 0 Å². The largest absolute Gasteiger partial charge is 0.478 e. The standard InChI is InChI=1S/C33H26F3N5O4/c1-33(2)17-44-16-28(33)41-27-12-22(31(42)43)11-25(36)30(27)40-29(41)13-19-5-6-20(10-24(19)35)26-7-8-38-32(39-26)45-15-21-4-3-18(14-37)9-23(21)34/h3-12,28H,13,15-17H2,1-2H3,(H,42,43)/t28-/m1/s1. The minimum Gasteiger partial charge on any atom is -0.478 e. The highest BCUT2D eigenvalue weighted by Gasteiger charge is 2.39. The van der Waals surface area contributed by atoms with E-state index in [0.29, 0.717) is 35.8 Å². The highest BCUT2D eigenvalue weighted by molar-refractivity contribution is 5.93. The molecule has 0 amide bonds. The molecule has 1 atom stereocenters. The van der Waals surface area contributed by atoms with Crippen LogP contribution in [0.4, 0.5) is 13.2 Å². The number of hydrogen-bond acceptors (Lipinski definition) is 7. The predicted molar refractivity (Wildman–Crippen MR) is 156 cm³/mol. The summed E-state index contributed by atoms with van der Waals surface area (Å²) in [6.07, 6.45) is 1.44. The number of imidazole rings is 1. The van der Waals surface area contributed by atoms with Gasteiger partial charge in [-0.05, 0) is 42.0 Å². The Morgan fingerprint density at radius 3 is 2.53 bits per heavy atom. The molecule has 9 nitrogen and oxygen atoms in total. The third kappa shape index (κ3) is 5.82. The monoisotopic (exact) mass is 613 g/mol. The van der Waals surface area contributed by atoms with Gasteiger partial charge in [0.15, 0.2) is 5.82 Å². The van der Waals surface area contributed by atoms with Crippen LogP contribution >= 0.6 is 0 Å². The number of aromatic nitrogens is 4. The van der Waals surface area contributed by atoms with Crippen molar-refractivity contribution < 1.29 is 32.5 Å². The molecule has 1 aliphatic rings. The zero-order valence-corrected chi connectivity index (χ0v) is 24.2. The normalized spacial score (nSPS) is 15.7. The van der Waals surface area contributed by atoms with Crippen LogP contribution in [0.5, 0.6) is 6.01 Å². The lowest BCUT2D eigenvalue weighted by molar-refractivity contribution is 0.0696. The zero-order valence-electron chi connectivity index (χ0n) is 24.2. The SMILES string of the molecule is CC1(C)COC[C@H]1n1c(Cc2ccc(-c3ccnc(OCc4ccc(C#N)cc4F)n3)cc2F)nc2c(F)cc(C(=O)O)cc21. The molecule has 5 aromatic rings. The lowest BCUT2D eigenvalue weighted by atomic mass is 9.87. The van der Waals surface area contributed by atoms with Crippen LogP contribution < -0.4 is 4.74 Å². The summed E-state index contributed by atoms with van der Waals surface area (Å²) in [7, 11) is 0. The van der Waals surface area contributed by atoms with Gasteiger partial charge in [-0.2, -0.15) is 10.2 Å². The Kier molecular flexibility index (Phi) is 7.72. The Labute approximate surface area is 255 Å². The molecule has 0 spiro atoms. The second-order valence-corrected chi connectivity index (χ2v) is 11.5. The second kappa shape index (κ2) is 11.7. The van der Waals surface area contributed by atoms with Crippen LogP contribution in [0.3, 0.4) is 0 Å². The predicted octanol–water partition coefficient (Wildman–Crippen LogP) is 6.25. The van der Waals surface area contributed by atoms with E-state index in [4.69, 9.17) is 14.7 Å². The highest BCUT2D eigenvalue weighted by atomic mass is 19.1. The van der Waals surface area contributed by atoms with E-state index in [0.717, 1.165) is 12.1 Å². The van der Waals surface area contributed by atoms with Gasteiger partial charge in [-0.1, -0.05) is 32.0 Å². The summed E-state index contributed by atoms with van der Waals surface area (Å²) >= 11 is 0. The molecule has 0 unspecified atom stereocenters. The Balaban J connectivity index is 1.29. The molecule has 12 heteroatoms. The van der Waals surface area contributed by atoms with E-state index in [1.165, 1.54) is 30.5 Å². The van der Waals surface area contributed by atoms with E-state index in [2.05, 4.69) is 15.0 Å². The van der Waals surface area contributed by atoms with Crippen LogP contribution in [-0.4, -0.2) is 43.8 Å². The van der Waals surface area contributed by atoms with Gasteiger partial charge >= 0.3 is 12.0 Å². The number of carbonyl (C=O) groups is 1. The van der Waals surface area contributed by atoms with Crippen molar-refractivity contribution in [2.24, 2.45) is 5.41 Å². The fraction of sp³-hybridized carbons (Fsp3) is 0.242. The van der Waals surface area contributed by atoms with E-state index in [1.807, 2.05) is 19.9 Å². The van der Waals surface area contributed by atoms with Crippen LogP contribution in [0, 0.1) is 34.2 Å². The minimum absolute atomic E-state index is 0.00348. The molecule has 1 N–H and O–H groups in total. The lowest BCUT2D eigenvalue weighted by Gasteiger charge is -2.28. The van der Waals surface area contributed by atoms with Gasteiger partial charge in [0.25, 0.3) is 0 Å². The number of rotatable bonds is 8. The fourth-order valence-corrected chi connectivity index (χ4v) is 5.44. The average Bonchev–Trinajstić information content (AvgIpc) is 3.55. The fourth-order valence-electron chi connectivity index (χ4n) is 5.44. The number of halogens is 3. The first-order valence-corrected chi connectivity index (χ1v) is 14.0. The van der Waals surface area contributed by atoms with Gasteiger partial charge in [-0.15, -0.1) is 0 Å². The van der Waals surface area contributed by atoms with E-state index in [-0.39, 0.29) is 58.3 Å². The molecule has 1 fully saturated rings. The van der Waals surface area contributed by atoms with Crippen molar-refractivity contribution in [2.75, 3.05) is 13.2 Å². The van der Waals surface area contributed by atoms with Crippen molar-refractivity contribution >= 4 is 17.0 Å². The minimum atomic E-state index is -1.27. The third-order valence-corrected chi connectivity index (χ3v) is 7.90. The number of benzene rings is 3. The molecule has 3 aromatic carbocycles. The van der Waals surface area contributed by atoms with E-state index >= 15 is 8.78 Å². The summed E-state index contributed by atoms with van der Waals surface area (Å²) in [5, 5.41) is 18.5. The van der Waals surface area contributed by atoms with Gasteiger partial charge in [-0.25, -0.2) is 27.9 Å². The topological polar surface area (TPSA) is 123 Å². The second-order valence-electron chi connectivity index (χ2n) is 11.5. The zero-order chi connectivity index (χ0) is 31.9. The van der Waals surface area contributed by atoms with Crippen LogP contribution in [0.25, 0.3) is 22.3 Å². The number of nitriles is 1. The molecule has 2 aromatic heterocycles. The Hall–Kier alpha value is -5.28. The maximum atomic E-state index is 15.6. The van der Waals surface area contributed by atoms with Gasteiger partial charge in [0.1, 0.15) is 29.6 Å². The van der Waals surface area contributed by atoms with Crippen LogP contribution in [-0.2, 0) is 17.8 Å². The molecule has 0 aliphatic carbocycles. The van der Waals surface area contributed by atoms with Crippen molar-refractivity contribution in [1.29, 1.82) is 5.26 Å². The number of aromatic carboxylic acids is 1. The summed E-state index contributed by atoms with van der Waals surface area (Å²) in [5.41, 5.74) is 1.21. The number of ether oxygens (including phenoxy) is 2. The summed E-state index contributed by atoms with van der Waals surface area (Å²) < 4.78 is 58.0. The summed E-state index contributed by atoms with van der Waals surface area (Å²) in [5.74, 6) is -2.82. The van der Waals surface area contributed by atoms with E-state index in [9.17, 15) is 14.3 Å². The van der Waals surface area contributed by atoms with Crippen LogP contribution in [0.2, 0.25) is 0 Å². The van der Waals surface area contributed by atoms with Crippen molar-refractivity contribution in [3.8, 4) is 23.3 Å². The molecule has 0 radical (unpaired) electrons. The van der Waals surface area contributed by atoms with Crippen molar-refractivity contribution in [3.63, 3.8) is 0 Å². The number of carboxylic acid groups (broad SMARTS) is 1. The van der Waals surface area contributed by atoms with Gasteiger partial charge < -0.3 is 19.1 Å². The molecule has 6 rings (SSSR count). The number of hydrogen-bond donors (Lipinski definition) is 1. The summed E-state index contributed by atoms with van der Waals surface area (Å²) in [6, 6.07) is 14.0. The molecule has 1 saturated heterocycles. The quantitative estimate of drug-likeness (QED) is 0.218. The molecular formula is C33H26F3N5O4. The maximum absolute atomic E-state index is 15.6. The Morgan fingerprint density at radius 1 is 1.07 bits per heavy atom. The van der Waals surface area contributed by atoms with Crippen LogP contribution in [0.15, 0.2) is 60.8 Å². The van der Waals surface area contributed by atoms with Crippen molar-refractivity contribution in [1.82, 2.24) is 19.5 Å². The van der Waals surface area contributed by atoms with Crippen molar-refractivity contribution in [2.45, 2.75) is 32.9 Å². The smallest absolute Gasteiger partial charge is 0.335 e. The molecular weight excluding hydrogens is 587 g/mol. The van der Waals surface area contributed by atoms with Gasteiger partial charge in [-0.3, -0.25) is 0 Å². The number of carboxylic acids is 1.